The number of hydrogen-bond donors (Lipinski definition) is 1. The van der Waals surface area contributed by atoms with Crippen molar-refractivity contribution in [1.82, 2.24) is 19.6 Å². The summed E-state index contributed by atoms with van der Waals surface area (Å²) in [5, 5.41) is 4.69. The van der Waals surface area contributed by atoms with Crippen LogP contribution in [0.1, 0.15) is 38.6 Å². The van der Waals surface area contributed by atoms with Crippen LogP contribution in [0.25, 0.3) is 5.65 Å². The Kier molecular flexibility index (Phi) is 4.88. The van der Waals surface area contributed by atoms with Gasteiger partial charge in [0.05, 0.1) is 21.4 Å². The van der Waals surface area contributed by atoms with Gasteiger partial charge in [-0.3, -0.25) is 9.30 Å². The summed E-state index contributed by atoms with van der Waals surface area (Å²) in [6.45, 7) is 11.7. The van der Waals surface area contributed by atoms with E-state index in [9.17, 15) is 0 Å². The second-order valence-corrected chi connectivity index (χ2v) is 8.08. The molecule has 0 bridgehead atoms. The van der Waals surface area contributed by atoms with Crippen molar-refractivity contribution in [2.75, 3.05) is 26.2 Å². The monoisotopic (exact) mass is 354 g/mol. The summed E-state index contributed by atoms with van der Waals surface area (Å²) in [7, 11) is 0. The Morgan fingerprint density at radius 3 is 2.74 bits per heavy atom. The van der Waals surface area contributed by atoms with Crippen molar-refractivity contribution < 1.29 is 0 Å². The zero-order valence-corrected chi connectivity index (χ0v) is 15.5. The van der Waals surface area contributed by atoms with E-state index in [1.807, 2.05) is 6.20 Å². The molecule has 0 spiro atoms. The Bertz CT molecular complexity index is 695. The summed E-state index contributed by atoms with van der Waals surface area (Å²) in [6.07, 6.45) is 3.10. The summed E-state index contributed by atoms with van der Waals surface area (Å²) in [5.41, 5.74) is 3.04. The number of hydrogen-bond acceptors (Lipinski definition) is 3. The fourth-order valence-corrected chi connectivity index (χ4v) is 3.66. The largest absolute Gasteiger partial charge is 0.315 e. The lowest BCUT2D eigenvalue weighted by molar-refractivity contribution is 0.278. The fourth-order valence-electron chi connectivity index (χ4n) is 3.14. The minimum atomic E-state index is -0.0404. The number of pyridine rings is 1. The molecule has 1 aliphatic heterocycles. The number of nitrogens with one attached hydrogen (secondary N) is 1. The number of aromatic nitrogens is 2. The Morgan fingerprint density at radius 2 is 2.00 bits per heavy atom. The summed E-state index contributed by atoms with van der Waals surface area (Å²) < 4.78 is 2.07. The van der Waals surface area contributed by atoms with Gasteiger partial charge in [-0.1, -0.05) is 44.0 Å². The molecule has 2 aromatic rings. The van der Waals surface area contributed by atoms with Crippen LogP contribution >= 0.6 is 23.2 Å². The van der Waals surface area contributed by atoms with Crippen LogP contribution in [0, 0.1) is 0 Å². The first-order chi connectivity index (χ1) is 10.9. The lowest BCUT2D eigenvalue weighted by atomic mass is 9.90. The SMILES string of the molecule is CC(C)(C)c1nc2c(Cl)cc(Cl)cn2c1CN1CCCNCC1. The second-order valence-electron chi connectivity index (χ2n) is 7.24. The predicted octanol–water partition coefficient (Wildman–Crippen LogP) is 3.73. The van der Waals surface area contributed by atoms with Crippen LogP contribution in [0.4, 0.5) is 0 Å². The predicted molar refractivity (Wildman–Crippen MR) is 96.7 cm³/mol. The average Bonchev–Trinajstić information content (AvgIpc) is 2.65. The van der Waals surface area contributed by atoms with Crippen LogP contribution in [-0.2, 0) is 12.0 Å². The molecule has 0 saturated carbocycles. The topological polar surface area (TPSA) is 32.6 Å². The second kappa shape index (κ2) is 6.60. The molecule has 1 fully saturated rings. The van der Waals surface area contributed by atoms with E-state index >= 15 is 0 Å². The molecule has 0 unspecified atom stereocenters. The van der Waals surface area contributed by atoms with E-state index < -0.39 is 0 Å². The van der Waals surface area contributed by atoms with Crippen molar-refractivity contribution in [3.8, 4) is 0 Å². The third-order valence-corrected chi connectivity index (χ3v) is 4.74. The molecule has 2 aromatic heterocycles. The van der Waals surface area contributed by atoms with Gasteiger partial charge >= 0.3 is 0 Å². The number of rotatable bonds is 2. The smallest absolute Gasteiger partial charge is 0.156 e. The van der Waals surface area contributed by atoms with Crippen molar-refractivity contribution >= 4 is 28.8 Å². The van der Waals surface area contributed by atoms with Gasteiger partial charge in [0, 0.05) is 31.2 Å². The minimum Gasteiger partial charge on any atom is -0.315 e. The maximum absolute atomic E-state index is 6.38. The van der Waals surface area contributed by atoms with E-state index in [4.69, 9.17) is 28.2 Å². The molecular weight excluding hydrogens is 331 g/mol. The average molecular weight is 355 g/mol. The van der Waals surface area contributed by atoms with Gasteiger partial charge in [0.2, 0.25) is 0 Å². The first-order valence-corrected chi connectivity index (χ1v) is 8.91. The molecule has 1 aliphatic rings. The molecule has 23 heavy (non-hydrogen) atoms. The Hall–Kier alpha value is -0.810. The van der Waals surface area contributed by atoms with Gasteiger partial charge in [0.25, 0.3) is 0 Å². The van der Waals surface area contributed by atoms with Crippen LogP contribution in [0.5, 0.6) is 0 Å². The highest BCUT2D eigenvalue weighted by molar-refractivity contribution is 6.36. The van der Waals surface area contributed by atoms with Crippen LogP contribution in [-0.4, -0.2) is 40.5 Å². The first kappa shape index (κ1) is 17.0. The maximum atomic E-state index is 6.38. The zero-order valence-electron chi connectivity index (χ0n) is 14.0. The van der Waals surface area contributed by atoms with Crippen LogP contribution in [0.2, 0.25) is 10.0 Å². The van der Waals surface area contributed by atoms with Gasteiger partial charge in [0.1, 0.15) is 0 Å². The Morgan fingerprint density at radius 1 is 1.22 bits per heavy atom. The van der Waals surface area contributed by atoms with E-state index in [0.29, 0.717) is 10.0 Å². The van der Waals surface area contributed by atoms with Crippen LogP contribution in [0.15, 0.2) is 12.3 Å². The van der Waals surface area contributed by atoms with Crippen molar-refractivity contribution in [2.45, 2.75) is 39.2 Å². The van der Waals surface area contributed by atoms with E-state index in [0.717, 1.165) is 44.1 Å². The third-order valence-electron chi connectivity index (χ3n) is 4.26. The van der Waals surface area contributed by atoms with Gasteiger partial charge in [-0.15, -0.1) is 0 Å². The van der Waals surface area contributed by atoms with Gasteiger partial charge in [-0.25, -0.2) is 4.98 Å². The van der Waals surface area contributed by atoms with E-state index in [1.165, 1.54) is 12.1 Å². The van der Waals surface area contributed by atoms with Crippen molar-refractivity contribution in [1.29, 1.82) is 0 Å². The lowest BCUT2D eigenvalue weighted by Crippen LogP contribution is -2.29. The van der Waals surface area contributed by atoms with E-state index in [1.54, 1.807) is 6.07 Å². The highest BCUT2D eigenvalue weighted by Crippen LogP contribution is 2.31. The van der Waals surface area contributed by atoms with Gasteiger partial charge in [-0.2, -0.15) is 0 Å². The molecule has 126 valence electrons. The number of fused-ring (bicyclic) bond motifs is 1. The number of halogens is 2. The van der Waals surface area contributed by atoms with Crippen LogP contribution < -0.4 is 5.32 Å². The summed E-state index contributed by atoms with van der Waals surface area (Å²) in [5.74, 6) is 0. The molecule has 0 radical (unpaired) electrons. The van der Waals surface area contributed by atoms with Gasteiger partial charge < -0.3 is 5.32 Å². The summed E-state index contributed by atoms with van der Waals surface area (Å²) in [6, 6.07) is 1.76. The van der Waals surface area contributed by atoms with Gasteiger partial charge in [-0.05, 0) is 25.6 Å². The number of imidazole rings is 1. The fraction of sp³-hybridized carbons (Fsp3) is 0.588. The molecule has 3 heterocycles. The van der Waals surface area contributed by atoms with Crippen LogP contribution in [0.3, 0.4) is 0 Å². The number of nitrogens with zero attached hydrogens (tertiary/aromatic N) is 3. The van der Waals surface area contributed by atoms with Crippen molar-refractivity contribution in [3.05, 3.63) is 33.7 Å². The molecule has 3 rings (SSSR count). The van der Waals surface area contributed by atoms with Gasteiger partial charge in [0.15, 0.2) is 5.65 Å². The molecule has 0 atom stereocenters. The summed E-state index contributed by atoms with van der Waals surface area (Å²) in [4.78, 5) is 7.32. The van der Waals surface area contributed by atoms with Crippen molar-refractivity contribution in [3.63, 3.8) is 0 Å². The van der Waals surface area contributed by atoms with E-state index in [-0.39, 0.29) is 5.41 Å². The molecule has 0 aromatic carbocycles. The molecule has 6 heteroatoms. The van der Waals surface area contributed by atoms with Crippen molar-refractivity contribution in [2.24, 2.45) is 0 Å². The highest BCUT2D eigenvalue weighted by Gasteiger charge is 2.26. The third kappa shape index (κ3) is 3.66. The molecule has 1 saturated heterocycles. The molecule has 0 amide bonds. The summed E-state index contributed by atoms with van der Waals surface area (Å²) >= 11 is 12.6. The normalized spacial score (nSPS) is 17.6. The Labute approximate surface area is 147 Å². The Balaban J connectivity index is 2.08. The quantitative estimate of drug-likeness (QED) is 0.891. The molecule has 0 aliphatic carbocycles. The maximum Gasteiger partial charge on any atom is 0.156 e. The molecular formula is C17H24Cl2N4. The zero-order chi connectivity index (χ0) is 16.6. The lowest BCUT2D eigenvalue weighted by Gasteiger charge is -2.23. The highest BCUT2D eigenvalue weighted by atomic mass is 35.5. The van der Waals surface area contributed by atoms with E-state index in [2.05, 4.69) is 35.4 Å². The standard InChI is InChI=1S/C17H24Cl2N4/c1-17(2,3)15-14(11-22-7-4-5-20-6-8-22)23-10-12(18)9-13(19)16(23)21-15/h9-10,20H,4-8,11H2,1-3H3. The molecule has 4 nitrogen and oxygen atoms in total. The molecule has 1 N–H and O–H groups in total. The minimum absolute atomic E-state index is 0.0404. The first-order valence-electron chi connectivity index (χ1n) is 8.16.